The number of halogens is 1. The van der Waals surface area contributed by atoms with Gasteiger partial charge in [0.05, 0.1) is 0 Å². The largest absolute Gasteiger partial charge is 0.342 e. The first-order valence-corrected chi connectivity index (χ1v) is 9.64. The molecule has 2 heterocycles. The van der Waals surface area contributed by atoms with E-state index in [-0.39, 0.29) is 5.82 Å². The summed E-state index contributed by atoms with van der Waals surface area (Å²) in [6, 6.07) is 6.66. The van der Waals surface area contributed by atoms with Crippen LogP contribution >= 0.6 is 0 Å². The molecule has 0 spiro atoms. The van der Waals surface area contributed by atoms with Crippen LogP contribution in [-0.2, 0) is 17.8 Å². The zero-order chi connectivity index (χ0) is 18.1. The maximum Gasteiger partial charge on any atom is 0.225 e. The van der Waals surface area contributed by atoms with Gasteiger partial charge in [-0.2, -0.15) is 0 Å². The number of aryl methyl sites for hydroxylation is 1. The van der Waals surface area contributed by atoms with Crippen LogP contribution in [0.3, 0.4) is 0 Å². The zero-order valence-corrected chi connectivity index (χ0v) is 15.3. The lowest BCUT2D eigenvalue weighted by Gasteiger charge is -2.33. The van der Waals surface area contributed by atoms with Gasteiger partial charge in [-0.3, -0.25) is 4.79 Å². The molecule has 1 aromatic carbocycles. The van der Waals surface area contributed by atoms with E-state index in [9.17, 15) is 9.18 Å². The lowest BCUT2D eigenvalue weighted by atomic mass is 9.94. The minimum Gasteiger partial charge on any atom is -0.342 e. The van der Waals surface area contributed by atoms with Gasteiger partial charge in [0, 0.05) is 43.9 Å². The first kappa shape index (κ1) is 17.3. The van der Waals surface area contributed by atoms with Crippen molar-refractivity contribution < 1.29 is 9.18 Å². The third-order valence-corrected chi connectivity index (χ3v) is 5.62. The Morgan fingerprint density at radius 2 is 2.00 bits per heavy atom. The molecule has 1 saturated heterocycles. The number of hydrogen-bond acceptors (Lipinski definition) is 2. The smallest absolute Gasteiger partial charge is 0.225 e. The summed E-state index contributed by atoms with van der Waals surface area (Å²) in [5.41, 5.74) is 2.19. The van der Waals surface area contributed by atoms with Crippen LogP contribution in [-0.4, -0.2) is 33.4 Å². The average Bonchev–Trinajstić information content (AvgIpc) is 3.44. The van der Waals surface area contributed by atoms with Crippen LogP contribution < -0.4 is 0 Å². The number of amides is 1. The molecule has 1 unspecified atom stereocenters. The monoisotopic (exact) mass is 355 g/mol. The average molecular weight is 355 g/mol. The van der Waals surface area contributed by atoms with E-state index in [1.54, 1.807) is 0 Å². The molecule has 1 atom stereocenters. The van der Waals surface area contributed by atoms with Crippen molar-refractivity contribution in [1.29, 1.82) is 0 Å². The molecule has 1 aliphatic heterocycles. The summed E-state index contributed by atoms with van der Waals surface area (Å²) in [4.78, 5) is 19.1. The molecule has 0 radical (unpaired) electrons. The van der Waals surface area contributed by atoms with E-state index >= 15 is 0 Å². The number of nitrogens with zero attached hydrogens (tertiary/aromatic N) is 3. The summed E-state index contributed by atoms with van der Waals surface area (Å²) in [5, 5.41) is 0. The summed E-state index contributed by atoms with van der Waals surface area (Å²) >= 11 is 0. The van der Waals surface area contributed by atoms with E-state index in [0.29, 0.717) is 24.3 Å². The Morgan fingerprint density at radius 1 is 1.23 bits per heavy atom. The summed E-state index contributed by atoms with van der Waals surface area (Å²) < 4.78 is 15.4. The van der Waals surface area contributed by atoms with Gasteiger partial charge in [-0.1, -0.05) is 12.1 Å². The Labute approximate surface area is 154 Å². The molecule has 2 aromatic rings. The number of piperidine rings is 1. The Morgan fingerprint density at radius 3 is 2.73 bits per heavy atom. The molecular formula is C21H26FN3O. The first-order valence-electron chi connectivity index (χ1n) is 9.64. The summed E-state index contributed by atoms with van der Waals surface area (Å²) in [6.45, 7) is 4.54. The van der Waals surface area contributed by atoms with Crippen LogP contribution in [0.15, 0.2) is 30.5 Å². The molecule has 1 saturated carbocycles. The van der Waals surface area contributed by atoms with Crippen LogP contribution in [0.5, 0.6) is 0 Å². The van der Waals surface area contributed by atoms with Crippen LogP contribution in [0.2, 0.25) is 0 Å². The molecule has 1 aromatic heterocycles. The van der Waals surface area contributed by atoms with E-state index in [1.807, 2.05) is 18.3 Å². The van der Waals surface area contributed by atoms with Crippen molar-refractivity contribution in [1.82, 2.24) is 14.5 Å². The number of imidazole rings is 1. The predicted octanol–water partition coefficient (Wildman–Crippen LogP) is 3.57. The molecule has 138 valence electrons. The van der Waals surface area contributed by atoms with Crippen LogP contribution in [0.25, 0.3) is 0 Å². The van der Waals surface area contributed by atoms with E-state index in [4.69, 9.17) is 0 Å². The van der Waals surface area contributed by atoms with Crippen molar-refractivity contribution in [2.24, 2.45) is 11.8 Å². The van der Waals surface area contributed by atoms with Crippen molar-refractivity contribution in [2.45, 2.75) is 45.6 Å². The molecule has 2 fully saturated rings. The number of benzene rings is 1. The Kier molecular flexibility index (Phi) is 4.79. The number of carbonyl (C=O) groups excluding carboxylic acids is 1. The second-order valence-corrected chi connectivity index (χ2v) is 7.80. The van der Waals surface area contributed by atoms with Crippen molar-refractivity contribution in [3.63, 3.8) is 0 Å². The van der Waals surface area contributed by atoms with Gasteiger partial charge in [0.15, 0.2) is 0 Å². The molecule has 0 bridgehead atoms. The van der Waals surface area contributed by atoms with Crippen molar-refractivity contribution >= 4 is 5.91 Å². The van der Waals surface area contributed by atoms with Gasteiger partial charge < -0.3 is 9.47 Å². The van der Waals surface area contributed by atoms with Crippen LogP contribution in [0.1, 0.15) is 42.8 Å². The number of hydrogen-bond donors (Lipinski definition) is 0. The highest BCUT2D eigenvalue weighted by atomic mass is 19.1. The highest BCUT2D eigenvalue weighted by molar-refractivity contribution is 5.81. The maximum atomic E-state index is 13.1. The standard InChI is InChI=1S/C21H26FN3O/c1-15-12-23-20(25(15)14-16-4-8-19(22)9-5-16)11-17-3-2-10-24(13-17)21(26)18-6-7-18/h4-5,8-9,12,17-18H,2-3,6-7,10-11,13-14H2,1H3. The highest BCUT2D eigenvalue weighted by Crippen LogP contribution is 2.33. The van der Waals surface area contributed by atoms with Gasteiger partial charge in [-0.25, -0.2) is 9.37 Å². The summed E-state index contributed by atoms with van der Waals surface area (Å²) in [7, 11) is 0. The highest BCUT2D eigenvalue weighted by Gasteiger charge is 2.35. The fourth-order valence-corrected chi connectivity index (χ4v) is 3.94. The third kappa shape index (κ3) is 3.81. The molecular weight excluding hydrogens is 329 g/mol. The van der Waals surface area contributed by atoms with E-state index in [2.05, 4.69) is 21.4 Å². The van der Waals surface area contributed by atoms with Crippen molar-refractivity contribution in [3.8, 4) is 0 Å². The minimum absolute atomic E-state index is 0.209. The number of aromatic nitrogens is 2. The molecule has 4 nitrogen and oxygen atoms in total. The summed E-state index contributed by atoms with van der Waals surface area (Å²) in [6.07, 6.45) is 7.18. The molecule has 1 aliphatic carbocycles. The van der Waals surface area contributed by atoms with Gasteiger partial charge in [0.25, 0.3) is 0 Å². The minimum atomic E-state index is -0.209. The van der Waals surface area contributed by atoms with Crippen LogP contribution in [0.4, 0.5) is 4.39 Å². The lowest BCUT2D eigenvalue weighted by molar-refractivity contribution is -0.134. The quantitative estimate of drug-likeness (QED) is 0.822. The second-order valence-electron chi connectivity index (χ2n) is 7.80. The normalized spacial score (nSPS) is 20.4. The predicted molar refractivity (Wildman–Crippen MR) is 98.2 cm³/mol. The summed E-state index contributed by atoms with van der Waals surface area (Å²) in [5.74, 6) is 1.99. The Balaban J connectivity index is 1.44. The molecule has 0 N–H and O–H groups in total. The zero-order valence-electron chi connectivity index (χ0n) is 15.3. The molecule has 26 heavy (non-hydrogen) atoms. The van der Waals surface area contributed by atoms with Gasteiger partial charge in [-0.05, 0) is 56.2 Å². The number of rotatable bonds is 5. The molecule has 1 amide bonds. The van der Waals surface area contributed by atoms with Gasteiger partial charge in [-0.15, -0.1) is 0 Å². The molecule has 5 heteroatoms. The first-order chi connectivity index (χ1) is 12.6. The van der Waals surface area contributed by atoms with Crippen LogP contribution in [0, 0.1) is 24.6 Å². The number of carbonyl (C=O) groups is 1. The Bertz CT molecular complexity index is 779. The molecule has 2 aliphatic rings. The lowest BCUT2D eigenvalue weighted by Crippen LogP contribution is -2.41. The van der Waals surface area contributed by atoms with E-state index in [0.717, 1.165) is 62.3 Å². The fraction of sp³-hybridized carbons (Fsp3) is 0.524. The SMILES string of the molecule is Cc1cnc(CC2CCCN(C(=O)C3CC3)C2)n1Cc1ccc(F)cc1. The third-order valence-electron chi connectivity index (χ3n) is 5.62. The maximum absolute atomic E-state index is 13.1. The Hall–Kier alpha value is -2.17. The van der Waals surface area contributed by atoms with E-state index < -0.39 is 0 Å². The van der Waals surface area contributed by atoms with Gasteiger partial charge in [0.2, 0.25) is 5.91 Å². The van der Waals surface area contributed by atoms with Crippen molar-refractivity contribution in [2.75, 3.05) is 13.1 Å². The van der Waals surface area contributed by atoms with Gasteiger partial charge >= 0.3 is 0 Å². The van der Waals surface area contributed by atoms with Crippen molar-refractivity contribution in [3.05, 3.63) is 53.4 Å². The number of likely N-dealkylation sites (tertiary alicyclic amines) is 1. The second kappa shape index (κ2) is 7.22. The topological polar surface area (TPSA) is 38.1 Å². The fourth-order valence-electron chi connectivity index (χ4n) is 3.94. The van der Waals surface area contributed by atoms with Gasteiger partial charge in [0.1, 0.15) is 11.6 Å². The van der Waals surface area contributed by atoms with E-state index in [1.165, 1.54) is 12.1 Å². The molecule has 4 rings (SSSR count).